The van der Waals surface area contributed by atoms with Crippen LogP contribution in [0.25, 0.3) is 0 Å². The molecule has 0 bridgehead atoms. The summed E-state index contributed by atoms with van der Waals surface area (Å²) < 4.78 is 14.1. The summed E-state index contributed by atoms with van der Waals surface area (Å²) in [5, 5.41) is 3.49. The van der Waals surface area contributed by atoms with Crippen molar-refractivity contribution >= 4 is 15.9 Å². The first-order valence-corrected chi connectivity index (χ1v) is 6.73. The SMILES string of the molecule is CC1CC(NCc2cc(F)ccc2Br)CN1C. The molecule has 1 aromatic rings. The lowest BCUT2D eigenvalue weighted by atomic mass is 10.1. The Balaban J connectivity index is 1.92. The number of benzene rings is 1. The van der Waals surface area contributed by atoms with Crippen LogP contribution in [0.5, 0.6) is 0 Å². The molecule has 1 aromatic carbocycles. The fraction of sp³-hybridized carbons (Fsp3) is 0.538. The minimum absolute atomic E-state index is 0.179. The molecule has 0 amide bonds. The molecular formula is C13H18BrFN2. The van der Waals surface area contributed by atoms with E-state index in [-0.39, 0.29) is 5.82 Å². The van der Waals surface area contributed by atoms with Gasteiger partial charge in [-0.15, -0.1) is 0 Å². The van der Waals surface area contributed by atoms with Crippen LogP contribution in [-0.4, -0.2) is 30.6 Å². The lowest BCUT2D eigenvalue weighted by molar-refractivity contribution is 0.326. The van der Waals surface area contributed by atoms with E-state index in [4.69, 9.17) is 0 Å². The van der Waals surface area contributed by atoms with Gasteiger partial charge in [0.2, 0.25) is 0 Å². The van der Waals surface area contributed by atoms with E-state index < -0.39 is 0 Å². The zero-order valence-corrected chi connectivity index (χ0v) is 11.8. The molecule has 1 saturated heterocycles. The quantitative estimate of drug-likeness (QED) is 0.923. The van der Waals surface area contributed by atoms with Gasteiger partial charge in [0.15, 0.2) is 0 Å². The zero-order valence-electron chi connectivity index (χ0n) is 10.2. The Hall–Kier alpha value is -0.450. The topological polar surface area (TPSA) is 15.3 Å². The Labute approximate surface area is 110 Å². The van der Waals surface area contributed by atoms with Crippen molar-refractivity contribution < 1.29 is 4.39 Å². The van der Waals surface area contributed by atoms with E-state index in [9.17, 15) is 4.39 Å². The molecule has 1 aliphatic rings. The molecule has 1 aliphatic heterocycles. The predicted molar refractivity (Wildman–Crippen MR) is 71.4 cm³/mol. The van der Waals surface area contributed by atoms with E-state index in [1.165, 1.54) is 6.07 Å². The number of halogens is 2. The molecule has 2 rings (SSSR count). The molecule has 1 heterocycles. The Morgan fingerprint density at radius 3 is 2.94 bits per heavy atom. The van der Waals surface area contributed by atoms with Gasteiger partial charge < -0.3 is 10.2 Å². The summed E-state index contributed by atoms with van der Waals surface area (Å²) in [5.74, 6) is -0.179. The third-order valence-electron chi connectivity index (χ3n) is 3.48. The van der Waals surface area contributed by atoms with Crippen molar-refractivity contribution in [3.05, 3.63) is 34.1 Å². The molecule has 2 nitrogen and oxygen atoms in total. The molecule has 17 heavy (non-hydrogen) atoms. The molecule has 4 heteroatoms. The number of rotatable bonds is 3. The van der Waals surface area contributed by atoms with Crippen LogP contribution in [0.3, 0.4) is 0 Å². The average Bonchev–Trinajstić information content (AvgIpc) is 2.60. The minimum Gasteiger partial charge on any atom is -0.309 e. The summed E-state index contributed by atoms with van der Waals surface area (Å²) in [5.41, 5.74) is 0.979. The summed E-state index contributed by atoms with van der Waals surface area (Å²) in [6, 6.07) is 5.95. The third-order valence-corrected chi connectivity index (χ3v) is 4.25. The highest BCUT2D eigenvalue weighted by molar-refractivity contribution is 9.10. The summed E-state index contributed by atoms with van der Waals surface area (Å²) in [4.78, 5) is 2.35. The lowest BCUT2D eigenvalue weighted by Crippen LogP contribution is -2.31. The number of likely N-dealkylation sites (N-methyl/N-ethyl adjacent to an activating group) is 1. The smallest absolute Gasteiger partial charge is 0.123 e. The second kappa shape index (κ2) is 5.46. The highest BCUT2D eigenvalue weighted by Crippen LogP contribution is 2.19. The predicted octanol–water partition coefficient (Wildman–Crippen LogP) is 2.77. The normalized spacial score (nSPS) is 25.4. The molecule has 2 unspecified atom stereocenters. The second-order valence-electron chi connectivity index (χ2n) is 4.84. The van der Waals surface area contributed by atoms with Crippen molar-refractivity contribution in [1.82, 2.24) is 10.2 Å². The van der Waals surface area contributed by atoms with Gasteiger partial charge in [0, 0.05) is 29.6 Å². The van der Waals surface area contributed by atoms with E-state index in [1.54, 1.807) is 12.1 Å². The summed E-state index contributed by atoms with van der Waals surface area (Å²) in [6.45, 7) is 4.01. The number of hydrogen-bond donors (Lipinski definition) is 1. The maximum atomic E-state index is 13.1. The van der Waals surface area contributed by atoms with Crippen molar-refractivity contribution in [1.29, 1.82) is 0 Å². The van der Waals surface area contributed by atoms with Gasteiger partial charge in [-0.1, -0.05) is 15.9 Å². The van der Waals surface area contributed by atoms with Gasteiger partial charge >= 0.3 is 0 Å². The Morgan fingerprint density at radius 1 is 1.53 bits per heavy atom. The van der Waals surface area contributed by atoms with Crippen LogP contribution in [0.2, 0.25) is 0 Å². The fourth-order valence-electron chi connectivity index (χ4n) is 2.27. The first-order chi connectivity index (χ1) is 8.06. The van der Waals surface area contributed by atoms with E-state index >= 15 is 0 Å². The van der Waals surface area contributed by atoms with E-state index in [2.05, 4.69) is 40.1 Å². The monoisotopic (exact) mass is 300 g/mol. The maximum Gasteiger partial charge on any atom is 0.123 e. The van der Waals surface area contributed by atoms with Crippen LogP contribution in [0.1, 0.15) is 18.9 Å². The van der Waals surface area contributed by atoms with Gasteiger partial charge in [-0.3, -0.25) is 0 Å². The molecule has 1 N–H and O–H groups in total. The molecule has 0 aliphatic carbocycles. The summed E-state index contributed by atoms with van der Waals surface area (Å²) >= 11 is 3.45. The number of nitrogens with zero attached hydrogens (tertiary/aromatic N) is 1. The zero-order chi connectivity index (χ0) is 12.4. The highest BCUT2D eigenvalue weighted by atomic mass is 79.9. The Kier molecular flexibility index (Phi) is 4.17. The van der Waals surface area contributed by atoms with Crippen molar-refractivity contribution in [2.45, 2.75) is 32.0 Å². The highest BCUT2D eigenvalue weighted by Gasteiger charge is 2.25. The molecule has 0 radical (unpaired) electrons. The van der Waals surface area contributed by atoms with Crippen molar-refractivity contribution in [2.75, 3.05) is 13.6 Å². The molecule has 0 spiro atoms. The Bertz CT molecular complexity index is 387. The van der Waals surface area contributed by atoms with E-state index in [1.807, 2.05) is 0 Å². The van der Waals surface area contributed by atoms with Crippen LogP contribution >= 0.6 is 15.9 Å². The van der Waals surface area contributed by atoms with Gasteiger partial charge in [0.25, 0.3) is 0 Å². The van der Waals surface area contributed by atoms with Gasteiger partial charge in [-0.05, 0) is 44.2 Å². The molecule has 0 saturated carbocycles. The lowest BCUT2D eigenvalue weighted by Gasteiger charge is -2.14. The van der Waals surface area contributed by atoms with Crippen LogP contribution in [0.15, 0.2) is 22.7 Å². The third kappa shape index (κ3) is 3.27. The van der Waals surface area contributed by atoms with Crippen LogP contribution in [0.4, 0.5) is 4.39 Å². The standard InChI is InChI=1S/C13H18BrFN2/c1-9-5-12(8-17(9)2)16-7-10-6-11(15)3-4-13(10)14/h3-4,6,9,12,16H,5,7-8H2,1-2H3. The van der Waals surface area contributed by atoms with E-state index in [0.29, 0.717) is 18.6 Å². The van der Waals surface area contributed by atoms with Gasteiger partial charge in [-0.25, -0.2) is 4.39 Å². The molecule has 1 fully saturated rings. The molecule has 0 aromatic heterocycles. The molecular weight excluding hydrogens is 283 g/mol. The number of nitrogens with one attached hydrogen (secondary N) is 1. The maximum absolute atomic E-state index is 13.1. The molecule has 2 atom stereocenters. The van der Waals surface area contributed by atoms with Crippen LogP contribution < -0.4 is 5.32 Å². The average molecular weight is 301 g/mol. The fourth-order valence-corrected chi connectivity index (χ4v) is 2.66. The first-order valence-electron chi connectivity index (χ1n) is 5.94. The summed E-state index contributed by atoms with van der Waals surface area (Å²) in [6.07, 6.45) is 1.16. The largest absolute Gasteiger partial charge is 0.309 e. The van der Waals surface area contributed by atoms with Gasteiger partial charge in [-0.2, -0.15) is 0 Å². The minimum atomic E-state index is -0.179. The first kappa shape index (κ1) is 13.0. The number of likely N-dealkylation sites (tertiary alicyclic amines) is 1. The van der Waals surface area contributed by atoms with Crippen LogP contribution in [0, 0.1) is 5.82 Å². The van der Waals surface area contributed by atoms with Gasteiger partial charge in [0.05, 0.1) is 0 Å². The second-order valence-corrected chi connectivity index (χ2v) is 5.69. The van der Waals surface area contributed by atoms with Crippen LogP contribution in [-0.2, 0) is 6.54 Å². The Morgan fingerprint density at radius 2 is 2.29 bits per heavy atom. The van der Waals surface area contributed by atoms with Crippen molar-refractivity contribution in [2.24, 2.45) is 0 Å². The van der Waals surface area contributed by atoms with Crippen molar-refractivity contribution in [3.63, 3.8) is 0 Å². The van der Waals surface area contributed by atoms with E-state index in [0.717, 1.165) is 23.0 Å². The number of hydrogen-bond acceptors (Lipinski definition) is 2. The summed E-state index contributed by atoms with van der Waals surface area (Å²) in [7, 11) is 2.14. The van der Waals surface area contributed by atoms with Gasteiger partial charge in [0.1, 0.15) is 5.82 Å². The van der Waals surface area contributed by atoms with Crippen molar-refractivity contribution in [3.8, 4) is 0 Å². The molecule has 94 valence electrons.